The highest BCUT2D eigenvalue weighted by atomic mass is 19.2. The molecule has 0 fully saturated rings. The topological polar surface area (TPSA) is 106 Å². The van der Waals surface area contributed by atoms with Gasteiger partial charge in [-0.15, -0.1) is 0 Å². The monoisotopic (exact) mass is 441 g/mol. The number of nitrogens with one attached hydrogen (secondary N) is 1. The van der Waals surface area contributed by atoms with Crippen molar-refractivity contribution in [3.05, 3.63) is 71.4 Å². The first-order valence-electron chi connectivity index (χ1n) is 9.49. The fourth-order valence-electron chi connectivity index (χ4n) is 3.50. The predicted molar refractivity (Wildman–Crippen MR) is 113 cm³/mol. The van der Waals surface area contributed by atoms with E-state index < -0.39 is 35.2 Å². The highest BCUT2D eigenvalue weighted by Crippen LogP contribution is 2.36. The quantitative estimate of drug-likeness (QED) is 0.449. The van der Waals surface area contributed by atoms with Crippen LogP contribution in [0.4, 0.5) is 24.7 Å². The van der Waals surface area contributed by atoms with Gasteiger partial charge in [-0.3, -0.25) is 4.79 Å². The lowest BCUT2D eigenvalue weighted by Gasteiger charge is -2.14. The number of aliphatic hydroxyl groups excluding tert-OH is 1. The standard InChI is InChI=1S/C22H18F3N5O2/c1-10-27-20(26)16-14(9-30(2)21(16)28-10)13-6-7-15(18(25)17(13)24)29-22(32)19(31)11-4-3-5-12(23)8-11/h3-9,19,31H,1-2H3,(H,29,32)(H2,26,27,28). The van der Waals surface area contributed by atoms with Gasteiger partial charge in [-0.1, -0.05) is 12.1 Å². The van der Waals surface area contributed by atoms with Crippen LogP contribution in [0.15, 0.2) is 42.6 Å². The number of carbonyl (C=O) groups is 1. The van der Waals surface area contributed by atoms with E-state index in [1.54, 1.807) is 24.7 Å². The lowest BCUT2D eigenvalue weighted by molar-refractivity contribution is -0.124. The van der Waals surface area contributed by atoms with E-state index >= 15 is 0 Å². The molecule has 0 bridgehead atoms. The third kappa shape index (κ3) is 3.65. The van der Waals surface area contributed by atoms with Crippen LogP contribution in [-0.4, -0.2) is 25.5 Å². The van der Waals surface area contributed by atoms with Gasteiger partial charge in [0.2, 0.25) is 0 Å². The van der Waals surface area contributed by atoms with E-state index in [1.165, 1.54) is 18.2 Å². The lowest BCUT2D eigenvalue weighted by atomic mass is 10.0. The van der Waals surface area contributed by atoms with Gasteiger partial charge in [0, 0.05) is 24.4 Å². The molecule has 0 spiro atoms. The van der Waals surface area contributed by atoms with Crippen LogP contribution in [-0.2, 0) is 11.8 Å². The highest BCUT2D eigenvalue weighted by Gasteiger charge is 2.24. The molecule has 10 heteroatoms. The van der Waals surface area contributed by atoms with Gasteiger partial charge >= 0.3 is 0 Å². The van der Waals surface area contributed by atoms with Crippen molar-refractivity contribution in [3.8, 4) is 11.1 Å². The summed E-state index contributed by atoms with van der Waals surface area (Å²) in [6, 6.07) is 7.21. The molecule has 2 aromatic carbocycles. The molecule has 7 nitrogen and oxygen atoms in total. The fraction of sp³-hybridized carbons (Fsp3) is 0.136. The number of hydrogen-bond acceptors (Lipinski definition) is 5. The molecule has 2 heterocycles. The summed E-state index contributed by atoms with van der Waals surface area (Å²) < 4.78 is 44.8. The van der Waals surface area contributed by atoms with Gasteiger partial charge in [0.1, 0.15) is 23.1 Å². The molecule has 1 amide bonds. The third-order valence-electron chi connectivity index (χ3n) is 5.00. The average molecular weight is 441 g/mol. The van der Waals surface area contributed by atoms with Crippen LogP contribution in [0.5, 0.6) is 0 Å². The number of fused-ring (bicyclic) bond motifs is 1. The van der Waals surface area contributed by atoms with Gasteiger partial charge in [0.25, 0.3) is 5.91 Å². The van der Waals surface area contributed by atoms with Gasteiger partial charge < -0.3 is 20.7 Å². The SMILES string of the molecule is Cc1nc(N)c2c(-c3ccc(NC(=O)C(O)c4cccc(F)c4)c(F)c3F)cn(C)c2n1. The van der Waals surface area contributed by atoms with Crippen molar-refractivity contribution in [2.75, 3.05) is 11.1 Å². The molecular formula is C22H18F3N5O2. The largest absolute Gasteiger partial charge is 0.383 e. The summed E-state index contributed by atoms with van der Waals surface area (Å²) >= 11 is 0. The normalized spacial score (nSPS) is 12.2. The number of aryl methyl sites for hydroxylation is 2. The molecule has 1 atom stereocenters. The number of carbonyl (C=O) groups excluding carboxylic acids is 1. The van der Waals surface area contributed by atoms with Gasteiger partial charge in [-0.2, -0.15) is 0 Å². The Morgan fingerprint density at radius 3 is 2.59 bits per heavy atom. The Hall–Kier alpha value is -3.92. The number of aromatic nitrogens is 3. The maximum atomic E-state index is 15.0. The zero-order chi connectivity index (χ0) is 23.2. The van der Waals surface area contributed by atoms with E-state index in [4.69, 9.17) is 5.73 Å². The van der Waals surface area contributed by atoms with E-state index in [1.807, 2.05) is 0 Å². The summed E-state index contributed by atoms with van der Waals surface area (Å²) in [6.07, 6.45) is -0.218. The van der Waals surface area contributed by atoms with Crippen molar-refractivity contribution < 1.29 is 23.1 Å². The van der Waals surface area contributed by atoms with Crippen LogP contribution in [0.1, 0.15) is 17.5 Å². The molecule has 4 aromatic rings. The number of nitrogen functional groups attached to an aromatic ring is 1. The van der Waals surface area contributed by atoms with Crippen LogP contribution < -0.4 is 11.1 Å². The summed E-state index contributed by atoms with van der Waals surface area (Å²) in [6.45, 7) is 1.67. The molecule has 1 unspecified atom stereocenters. The van der Waals surface area contributed by atoms with Gasteiger partial charge in [-0.05, 0) is 36.8 Å². The Bertz CT molecular complexity index is 1370. The number of hydrogen-bond donors (Lipinski definition) is 3. The van der Waals surface area contributed by atoms with E-state index in [9.17, 15) is 23.1 Å². The summed E-state index contributed by atoms with van der Waals surface area (Å²) in [5.41, 5.74) is 6.14. The fourth-order valence-corrected chi connectivity index (χ4v) is 3.50. The molecule has 164 valence electrons. The maximum Gasteiger partial charge on any atom is 0.257 e. The van der Waals surface area contributed by atoms with Crippen LogP contribution >= 0.6 is 0 Å². The van der Waals surface area contributed by atoms with Crippen LogP contribution in [0, 0.1) is 24.4 Å². The minimum Gasteiger partial charge on any atom is -0.383 e. The summed E-state index contributed by atoms with van der Waals surface area (Å²) in [5, 5.41) is 12.6. The van der Waals surface area contributed by atoms with Crippen molar-refractivity contribution in [1.82, 2.24) is 14.5 Å². The van der Waals surface area contributed by atoms with Gasteiger partial charge in [-0.25, -0.2) is 23.1 Å². The van der Waals surface area contributed by atoms with Gasteiger partial charge in [0.15, 0.2) is 17.7 Å². The Kier molecular flexibility index (Phi) is 5.31. The average Bonchev–Trinajstić information content (AvgIpc) is 3.07. The van der Waals surface area contributed by atoms with Crippen molar-refractivity contribution >= 4 is 28.4 Å². The number of aliphatic hydroxyl groups is 1. The summed E-state index contributed by atoms with van der Waals surface area (Å²) in [7, 11) is 1.69. The second-order valence-corrected chi connectivity index (χ2v) is 7.24. The summed E-state index contributed by atoms with van der Waals surface area (Å²) in [4.78, 5) is 20.7. The Morgan fingerprint density at radius 1 is 1.12 bits per heavy atom. The molecular weight excluding hydrogens is 423 g/mol. The third-order valence-corrected chi connectivity index (χ3v) is 5.00. The molecule has 4 N–H and O–H groups in total. The smallest absolute Gasteiger partial charge is 0.257 e. The van der Waals surface area contributed by atoms with Crippen LogP contribution in [0.3, 0.4) is 0 Å². The van der Waals surface area contributed by atoms with Crippen molar-refractivity contribution in [2.24, 2.45) is 7.05 Å². The van der Waals surface area contributed by atoms with Crippen LogP contribution in [0.25, 0.3) is 22.2 Å². The predicted octanol–water partition coefficient (Wildman–Crippen LogP) is 3.62. The lowest BCUT2D eigenvalue weighted by Crippen LogP contribution is -2.21. The van der Waals surface area contributed by atoms with Crippen LogP contribution in [0.2, 0.25) is 0 Å². The minimum absolute atomic E-state index is 0.0264. The second-order valence-electron chi connectivity index (χ2n) is 7.24. The summed E-state index contributed by atoms with van der Waals surface area (Å²) in [5.74, 6) is -3.69. The molecule has 0 radical (unpaired) electrons. The second kappa shape index (κ2) is 7.97. The minimum atomic E-state index is -1.77. The number of nitrogens with zero attached hydrogens (tertiary/aromatic N) is 3. The van der Waals surface area contributed by atoms with Crippen molar-refractivity contribution in [2.45, 2.75) is 13.0 Å². The van der Waals surface area contributed by atoms with E-state index in [0.29, 0.717) is 16.9 Å². The molecule has 0 saturated heterocycles. The zero-order valence-electron chi connectivity index (χ0n) is 17.0. The molecule has 0 saturated carbocycles. The van der Waals surface area contributed by atoms with Gasteiger partial charge in [0.05, 0.1) is 11.1 Å². The Morgan fingerprint density at radius 2 is 1.88 bits per heavy atom. The molecule has 32 heavy (non-hydrogen) atoms. The number of halogens is 3. The molecule has 2 aromatic heterocycles. The molecule has 0 aliphatic heterocycles. The van der Waals surface area contributed by atoms with Crippen molar-refractivity contribution in [1.29, 1.82) is 0 Å². The molecule has 0 aliphatic rings. The maximum absolute atomic E-state index is 15.0. The van der Waals surface area contributed by atoms with E-state index in [-0.39, 0.29) is 22.5 Å². The number of nitrogens with two attached hydrogens (primary N) is 1. The first kappa shape index (κ1) is 21.3. The Labute approximate surface area is 180 Å². The van der Waals surface area contributed by atoms with E-state index in [2.05, 4.69) is 15.3 Å². The number of amides is 1. The number of benzene rings is 2. The first-order valence-corrected chi connectivity index (χ1v) is 9.49. The first-order chi connectivity index (χ1) is 15.2. The Balaban J connectivity index is 1.69. The number of anilines is 2. The number of rotatable bonds is 4. The highest BCUT2D eigenvalue weighted by molar-refractivity contribution is 6.01. The van der Waals surface area contributed by atoms with E-state index in [0.717, 1.165) is 18.2 Å². The molecule has 4 rings (SSSR count). The zero-order valence-corrected chi connectivity index (χ0v) is 17.0. The van der Waals surface area contributed by atoms with Crippen molar-refractivity contribution in [3.63, 3.8) is 0 Å². The molecule has 0 aliphatic carbocycles.